The van der Waals surface area contributed by atoms with Crippen molar-refractivity contribution in [2.75, 3.05) is 11.9 Å². The van der Waals surface area contributed by atoms with Crippen LogP contribution in [0, 0.1) is 0 Å². The summed E-state index contributed by atoms with van der Waals surface area (Å²) in [4.78, 5) is 23.8. The molecule has 9 heteroatoms. The van der Waals surface area contributed by atoms with E-state index in [0.717, 1.165) is 16.7 Å². The van der Waals surface area contributed by atoms with Crippen LogP contribution in [0.4, 0.5) is 18.2 Å². The molecule has 0 atom stereocenters. The van der Waals surface area contributed by atoms with Crippen molar-refractivity contribution in [3.63, 3.8) is 0 Å². The third-order valence-corrected chi connectivity index (χ3v) is 5.44. The number of alkyl halides is 3. The van der Waals surface area contributed by atoms with Gasteiger partial charge in [-0.15, -0.1) is 24.5 Å². The Balaban J connectivity index is 1.52. The van der Waals surface area contributed by atoms with E-state index >= 15 is 0 Å². The average Bonchev–Trinajstić information content (AvgIpc) is 3.21. The van der Waals surface area contributed by atoms with E-state index in [9.17, 15) is 22.8 Å². The topological polar surface area (TPSA) is 64.6 Å². The fourth-order valence-corrected chi connectivity index (χ4v) is 3.90. The van der Waals surface area contributed by atoms with Gasteiger partial charge in [0, 0.05) is 11.8 Å². The van der Waals surface area contributed by atoms with Gasteiger partial charge in [0.15, 0.2) is 0 Å². The van der Waals surface area contributed by atoms with Gasteiger partial charge in [-0.25, -0.2) is 0 Å². The summed E-state index contributed by atoms with van der Waals surface area (Å²) < 4.78 is 45.6. The molecule has 0 radical (unpaired) electrons. The lowest BCUT2D eigenvalue weighted by Crippen LogP contribution is -2.16. The van der Waals surface area contributed by atoms with E-state index in [1.807, 2.05) is 29.6 Å². The molecule has 0 saturated heterocycles. The SMILES string of the molecule is CCOC(=O)CCc1ccc(CC(=O)Nc2cc(-c3ccc(OC(F)(F)F)cc3)cs2)cc1. The molecule has 0 bridgehead atoms. The number of hydrogen-bond donors (Lipinski definition) is 1. The van der Waals surface area contributed by atoms with Crippen molar-refractivity contribution < 1.29 is 32.2 Å². The number of anilines is 1. The Labute approximate surface area is 193 Å². The van der Waals surface area contributed by atoms with Crippen molar-refractivity contribution in [1.29, 1.82) is 0 Å². The predicted octanol–water partition coefficient (Wildman–Crippen LogP) is 5.99. The van der Waals surface area contributed by atoms with Crippen molar-refractivity contribution in [3.8, 4) is 16.9 Å². The van der Waals surface area contributed by atoms with Crippen LogP contribution < -0.4 is 10.1 Å². The van der Waals surface area contributed by atoms with Crippen LogP contribution >= 0.6 is 11.3 Å². The average molecular weight is 478 g/mol. The molecule has 2 aromatic carbocycles. The van der Waals surface area contributed by atoms with E-state index in [0.29, 0.717) is 30.0 Å². The summed E-state index contributed by atoms with van der Waals surface area (Å²) in [6, 6.07) is 14.8. The molecule has 1 aromatic heterocycles. The zero-order valence-corrected chi connectivity index (χ0v) is 18.6. The molecule has 3 aromatic rings. The fraction of sp³-hybridized carbons (Fsp3) is 0.250. The predicted molar refractivity (Wildman–Crippen MR) is 120 cm³/mol. The number of amides is 1. The normalized spacial score (nSPS) is 11.2. The molecule has 0 spiro atoms. The van der Waals surface area contributed by atoms with Gasteiger partial charge in [0.05, 0.1) is 18.0 Å². The van der Waals surface area contributed by atoms with Gasteiger partial charge in [0.25, 0.3) is 0 Å². The minimum atomic E-state index is -4.73. The van der Waals surface area contributed by atoms with Gasteiger partial charge in [-0.05, 0) is 53.8 Å². The van der Waals surface area contributed by atoms with E-state index < -0.39 is 6.36 Å². The Kier molecular flexibility index (Phi) is 8.11. The maximum Gasteiger partial charge on any atom is 0.573 e. The van der Waals surface area contributed by atoms with Crippen molar-refractivity contribution in [1.82, 2.24) is 0 Å². The maximum absolute atomic E-state index is 12.4. The molecule has 174 valence electrons. The number of thiophene rings is 1. The standard InChI is InChI=1S/C24H22F3NO4S/c1-2-31-23(30)12-7-16-3-5-17(6-4-16)13-21(29)28-22-14-19(15-33-22)18-8-10-20(11-9-18)32-24(25,26)27/h3-6,8-11,14-15H,2,7,12-13H2,1H3,(H,28,29). The van der Waals surface area contributed by atoms with Crippen LogP contribution in [0.3, 0.4) is 0 Å². The highest BCUT2D eigenvalue weighted by Gasteiger charge is 2.30. The van der Waals surface area contributed by atoms with E-state index in [4.69, 9.17) is 4.74 Å². The van der Waals surface area contributed by atoms with Crippen LogP contribution in [0.2, 0.25) is 0 Å². The molecule has 0 unspecified atom stereocenters. The molecule has 0 saturated carbocycles. The van der Waals surface area contributed by atoms with Crippen LogP contribution in [0.5, 0.6) is 5.75 Å². The number of carbonyl (C=O) groups is 2. The fourth-order valence-electron chi connectivity index (χ4n) is 3.07. The number of rotatable bonds is 9. The van der Waals surface area contributed by atoms with Gasteiger partial charge >= 0.3 is 12.3 Å². The molecule has 33 heavy (non-hydrogen) atoms. The zero-order valence-electron chi connectivity index (χ0n) is 17.8. The molecule has 0 aliphatic rings. The molecule has 1 N–H and O–H groups in total. The molecule has 5 nitrogen and oxygen atoms in total. The first-order valence-electron chi connectivity index (χ1n) is 10.2. The number of ether oxygens (including phenoxy) is 2. The number of nitrogens with one attached hydrogen (secondary N) is 1. The van der Waals surface area contributed by atoms with E-state index in [2.05, 4.69) is 10.1 Å². The Hall–Kier alpha value is -3.33. The number of carbonyl (C=O) groups excluding carboxylic acids is 2. The van der Waals surface area contributed by atoms with Crippen LogP contribution in [0.1, 0.15) is 24.5 Å². The Morgan fingerprint density at radius 2 is 1.64 bits per heavy atom. The Morgan fingerprint density at radius 1 is 0.970 bits per heavy atom. The minimum Gasteiger partial charge on any atom is -0.466 e. The highest BCUT2D eigenvalue weighted by molar-refractivity contribution is 7.14. The number of hydrogen-bond acceptors (Lipinski definition) is 5. The van der Waals surface area contributed by atoms with Gasteiger partial charge in [0.2, 0.25) is 5.91 Å². The van der Waals surface area contributed by atoms with E-state index in [-0.39, 0.29) is 24.0 Å². The molecule has 1 amide bonds. The zero-order chi connectivity index (χ0) is 23.8. The van der Waals surface area contributed by atoms with E-state index in [1.54, 1.807) is 13.0 Å². The molecule has 3 rings (SSSR count). The summed E-state index contributed by atoms with van der Waals surface area (Å²) >= 11 is 1.33. The Bertz CT molecular complexity index is 1080. The summed E-state index contributed by atoms with van der Waals surface area (Å²) in [7, 11) is 0. The maximum atomic E-state index is 12.4. The number of halogens is 3. The van der Waals surface area contributed by atoms with Gasteiger partial charge in [0.1, 0.15) is 5.75 Å². The van der Waals surface area contributed by atoms with Gasteiger partial charge in [-0.2, -0.15) is 0 Å². The first kappa shape index (κ1) is 24.3. The third-order valence-electron chi connectivity index (χ3n) is 4.59. The summed E-state index contributed by atoms with van der Waals surface area (Å²) in [6.07, 6.45) is -3.65. The summed E-state index contributed by atoms with van der Waals surface area (Å²) in [5.74, 6) is -0.708. The first-order chi connectivity index (χ1) is 15.7. The highest BCUT2D eigenvalue weighted by atomic mass is 32.1. The lowest BCUT2D eigenvalue weighted by molar-refractivity contribution is -0.274. The molecular formula is C24H22F3NO4S. The first-order valence-corrected chi connectivity index (χ1v) is 11.1. The second-order valence-corrected chi connectivity index (χ2v) is 8.03. The molecule has 0 aliphatic heterocycles. The number of benzene rings is 2. The lowest BCUT2D eigenvalue weighted by Gasteiger charge is -2.08. The number of esters is 1. The molecule has 0 fully saturated rings. The second kappa shape index (κ2) is 11.0. The van der Waals surface area contributed by atoms with Crippen LogP contribution in [0.15, 0.2) is 60.0 Å². The van der Waals surface area contributed by atoms with Gasteiger partial charge in [-0.3, -0.25) is 9.59 Å². The van der Waals surface area contributed by atoms with Crippen LogP contribution in [-0.2, 0) is 27.2 Å². The smallest absolute Gasteiger partial charge is 0.466 e. The van der Waals surface area contributed by atoms with Crippen molar-refractivity contribution in [2.24, 2.45) is 0 Å². The molecular weight excluding hydrogens is 455 g/mol. The second-order valence-electron chi connectivity index (χ2n) is 7.12. The third kappa shape index (κ3) is 7.94. The molecule has 1 heterocycles. The Morgan fingerprint density at radius 3 is 2.27 bits per heavy atom. The van der Waals surface area contributed by atoms with Crippen molar-refractivity contribution in [2.45, 2.75) is 32.5 Å². The van der Waals surface area contributed by atoms with Gasteiger partial charge in [-0.1, -0.05) is 36.4 Å². The van der Waals surface area contributed by atoms with Crippen LogP contribution in [0.25, 0.3) is 11.1 Å². The van der Waals surface area contributed by atoms with Crippen molar-refractivity contribution in [3.05, 3.63) is 71.1 Å². The monoisotopic (exact) mass is 477 g/mol. The summed E-state index contributed by atoms with van der Waals surface area (Å²) in [5.41, 5.74) is 3.31. The minimum absolute atomic E-state index is 0.184. The number of aryl methyl sites for hydroxylation is 1. The lowest BCUT2D eigenvalue weighted by atomic mass is 10.1. The summed E-state index contributed by atoms with van der Waals surface area (Å²) in [5, 5.41) is 5.29. The van der Waals surface area contributed by atoms with Crippen molar-refractivity contribution >= 4 is 28.2 Å². The van der Waals surface area contributed by atoms with E-state index in [1.165, 1.54) is 35.6 Å². The van der Waals surface area contributed by atoms with Gasteiger partial charge < -0.3 is 14.8 Å². The largest absolute Gasteiger partial charge is 0.573 e. The highest BCUT2D eigenvalue weighted by Crippen LogP contribution is 2.31. The summed E-state index contributed by atoms with van der Waals surface area (Å²) in [6.45, 7) is 2.13. The van der Waals surface area contributed by atoms with Crippen LogP contribution in [-0.4, -0.2) is 24.8 Å². The quantitative estimate of drug-likeness (QED) is 0.385. The molecule has 0 aliphatic carbocycles.